The maximum Gasteiger partial charge on any atom is 0.254 e. The molecule has 3 aliphatic rings. The van der Waals surface area contributed by atoms with E-state index in [9.17, 15) is 0 Å². The Labute approximate surface area is 295 Å². The number of para-hydroxylation sites is 3. The minimum absolute atomic E-state index is 0.195. The van der Waals surface area contributed by atoms with Crippen LogP contribution in [0, 0.1) is 0 Å². The fourth-order valence-corrected chi connectivity index (χ4v) is 8.33. The van der Waals surface area contributed by atoms with Crippen molar-refractivity contribution in [1.82, 2.24) is 14.1 Å². The van der Waals surface area contributed by atoms with Gasteiger partial charge < -0.3 is 9.30 Å². The van der Waals surface area contributed by atoms with Crippen LogP contribution < -0.4 is 9.31 Å². The summed E-state index contributed by atoms with van der Waals surface area (Å²) in [5.41, 5.74) is 15.6. The van der Waals surface area contributed by atoms with E-state index in [1.807, 2.05) is 12.3 Å². The lowest BCUT2D eigenvalue weighted by Gasteiger charge is -2.27. The predicted octanol–water partition coefficient (Wildman–Crippen LogP) is 11.3. The molecule has 6 aromatic carbocycles. The van der Waals surface area contributed by atoms with Crippen molar-refractivity contribution in [3.8, 4) is 56.1 Å². The summed E-state index contributed by atoms with van der Waals surface area (Å²) in [6.07, 6.45) is 10.1. The second-order valence-corrected chi connectivity index (χ2v) is 13.3. The van der Waals surface area contributed by atoms with E-state index in [-0.39, 0.29) is 6.10 Å². The first-order chi connectivity index (χ1) is 25.3. The summed E-state index contributed by atoms with van der Waals surface area (Å²) in [5, 5.41) is 2.50. The molecule has 0 spiro atoms. The number of benzene rings is 6. The molecule has 1 atom stereocenters. The maximum atomic E-state index is 6.80. The van der Waals surface area contributed by atoms with Crippen molar-refractivity contribution in [3.63, 3.8) is 0 Å². The van der Waals surface area contributed by atoms with E-state index in [1.165, 1.54) is 32.9 Å². The smallest absolute Gasteiger partial charge is 0.254 e. The van der Waals surface area contributed by atoms with Crippen LogP contribution in [0.25, 0.3) is 72.1 Å². The lowest BCUT2D eigenvalue weighted by Crippen LogP contribution is -2.36. The molecule has 0 bridgehead atoms. The average Bonchev–Trinajstić information content (AvgIpc) is 3.53. The largest absolute Gasteiger partial charge is 0.468 e. The summed E-state index contributed by atoms with van der Waals surface area (Å²) in [5.74, 6) is 0.834. The first kappa shape index (κ1) is 28.1. The van der Waals surface area contributed by atoms with Crippen LogP contribution in [0.5, 0.6) is 5.75 Å². The predicted molar refractivity (Wildman–Crippen MR) is 209 cm³/mol. The minimum Gasteiger partial charge on any atom is -0.468 e. The summed E-state index contributed by atoms with van der Waals surface area (Å²) < 4.78 is 11.6. The van der Waals surface area contributed by atoms with E-state index in [1.54, 1.807) is 0 Å². The Morgan fingerprint density at radius 1 is 0.549 bits per heavy atom. The van der Waals surface area contributed by atoms with Gasteiger partial charge in [-0.2, -0.15) is 4.58 Å². The van der Waals surface area contributed by atoms with Crippen molar-refractivity contribution in [1.29, 1.82) is 0 Å². The van der Waals surface area contributed by atoms with Gasteiger partial charge >= 0.3 is 0 Å². The Balaban J connectivity index is 1.24. The highest BCUT2D eigenvalue weighted by Crippen LogP contribution is 2.51. The van der Waals surface area contributed by atoms with Gasteiger partial charge in [0.15, 0.2) is 5.75 Å². The number of allylic oxidation sites excluding steroid dienone is 2. The van der Waals surface area contributed by atoms with Gasteiger partial charge in [-0.3, -0.25) is 4.98 Å². The molecule has 0 amide bonds. The molecule has 1 unspecified atom stereocenters. The number of ether oxygens (including phenoxy) is 1. The summed E-state index contributed by atoms with van der Waals surface area (Å²) in [4.78, 5) is 5.06. The Morgan fingerprint density at radius 2 is 1.22 bits per heavy atom. The molecule has 0 saturated heterocycles. The van der Waals surface area contributed by atoms with E-state index >= 15 is 0 Å². The molecule has 11 rings (SSSR count). The number of fused-ring (bicyclic) bond motifs is 13. The minimum atomic E-state index is -0.195. The van der Waals surface area contributed by atoms with Gasteiger partial charge in [-0.15, -0.1) is 0 Å². The summed E-state index contributed by atoms with van der Waals surface area (Å²) in [6.45, 7) is 0. The highest BCUT2D eigenvalue weighted by molar-refractivity contribution is 6.11. The van der Waals surface area contributed by atoms with Crippen LogP contribution in [-0.2, 0) is 0 Å². The van der Waals surface area contributed by atoms with Crippen LogP contribution in [0.2, 0.25) is 0 Å². The highest BCUT2D eigenvalue weighted by atomic mass is 16.5. The quantitative estimate of drug-likeness (QED) is 0.174. The van der Waals surface area contributed by atoms with E-state index in [4.69, 9.17) is 9.72 Å². The standard InChI is InChI=1S/C47H30N3O/c1-2-13-30(14-3-1)49-43-22-10-11-23-45(43)51-46-29-40-39(28-44(46)49)34-25-24-31(50-41-20-8-6-17-35(41)36-18-7-9-21-42(36)50)27-38(34)33-16-5-4-15-32(33)37-19-12-26-48-47(37)40/h1-29,45H/q+1. The maximum absolute atomic E-state index is 6.80. The topological polar surface area (TPSA) is 30.1 Å². The third kappa shape index (κ3) is 4.14. The molecule has 238 valence electrons. The second-order valence-electron chi connectivity index (χ2n) is 13.3. The fraction of sp³-hybridized carbons (Fsp3) is 0.0213. The molecular weight excluding hydrogens is 623 g/mol. The van der Waals surface area contributed by atoms with Gasteiger partial charge in [-0.05, 0) is 70.3 Å². The van der Waals surface area contributed by atoms with Crippen molar-refractivity contribution in [2.45, 2.75) is 6.10 Å². The number of hydrogen-bond acceptors (Lipinski definition) is 2. The van der Waals surface area contributed by atoms with Gasteiger partial charge in [0.25, 0.3) is 5.69 Å². The van der Waals surface area contributed by atoms with E-state index in [2.05, 4.69) is 173 Å². The molecule has 1 aliphatic heterocycles. The number of pyridine rings is 1. The van der Waals surface area contributed by atoms with Crippen LogP contribution in [0.1, 0.15) is 0 Å². The molecule has 0 radical (unpaired) electrons. The lowest BCUT2D eigenvalue weighted by molar-refractivity contribution is 0.303. The Kier molecular flexibility index (Phi) is 5.98. The monoisotopic (exact) mass is 652 g/mol. The number of nitrogens with zero attached hydrogens (tertiary/aromatic N) is 3. The first-order valence-electron chi connectivity index (χ1n) is 17.4. The van der Waals surface area contributed by atoms with E-state index < -0.39 is 0 Å². The molecule has 2 aliphatic carbocycles. The van der Waals surface area contributed by atoms with Crippen molar-refractivity contribution >= 4 is 38.9 Å². The third-order valence-corrected chi connectivity index (χ3v) is 10.5. The molecule has 0 fully saturated rings. The molecule has 4 nitrogen and oxygen atoms in total. The van der Waals surface area contributed by atoms with Crippen LogP contribution in [0.3, 0.4) is 0 Å². The fourth-order valence-electron chi connectivity index (χ4n) is 8.33. The lowest BCUT2D eigenvalue weighted by atomic mass is 9.82. The molecule has 0 N–H and O–H groups in total. The van der Waals surface area contributed by atoms with Gasteiger partial charge in [0, 0.05) is 58.1 Å². The zero-order valence-electron chi connectivity index (χ0n) is 27.6. The van der Waals surface area contributed by atoms with Crippen molar-refractivity contribution in [2.24, 2.45) is 0 Å². The number of rotatable bonds is 2. The average molecular weight is 653 g/mol. The van der Waals surface area contributed by atoms with Crippen LogP contribution >= 0.6 is 0 Å². The van der Waals surface area contributed by atoms with Crippen LogP contribution in [0.15, 0.2) is 176 Å². The van der Waals surface area contributed by atoms with E-state index in [0.717, 1.165) is 62.0 Å². The van der Waals surface area contributed by atoms with Gasteiger partial charge in [-0.25, -0.2) is 0 Å². The number of aromatic nitrogens is 2. The zero-order chi connectivity index (χ0) is 33.5. The third-order valence-electron chi connectivity index (χ3n) is 10.5. The molecule has 51 heavy (non-hydrogen) atoms. The summed E-state index contributed by atoms with van der Waals surface area (Å²) in [7, 11) is 0. The molecule has 3 heterocycles. The number of hydrogen-bond donors (Lipinski definition) is 0. The van der Waals surface area contributed by atoms with Crippen molar-refractivity contribution in [2.75, 3.05) is 0 Å². The van der Waals surface area contributed by atoms with Gasteiger partial charge in [0.2, 0.25) is 17.5 Å². The van der Waals surface area contributed by atoms with Crippen molar-refractivity contribution < 1.29 is 4.74 Å². The van der Waals surface area contributed by atoms with Gasteiger partial charge in [0.05, 0.1) is 16.7 Å². The molecule has 8 aromatic rings. The molecular formula is C47H30N3O+. The van der Waals surface area contributed by atoms with Crippen LogP contribution in [-0.4, -0.2) is 21.4 Å². The molecule has 0 saturated carbocycles. The Hall–Kier alpha value is -6.78. The molecule has 4 heteroatoms. The summed E-state index contributed by atoms with van der Waals surface area (Å²) in [6, 6.07) is 52.5. The molecule has 2 aromatic heterocycles. The SMILES string of the molecule is C1=CC2=[N+](c3ccccc3)c3cc4c(cc3OC2C=C1)-c1ncccc1-c1ccccc1-c1cc(-n2c3ccccc3c3ccccc32)ccc1-4. The Bertz CT molecular complexity index is 2780. The second kappa shape index (κ2) is 10.9. The van der Waals surface area contributed by atoms with Gasteiger partial charge in [-0.1, -0.05) is 103 Å². The van der Waals surface area contributed by atoms with E-state index in [0.29, 0.717) is 0 Å². The first-order valence-corrected chi connectivity index (χ1v) is 17.4. The van der Waals surface area contributed by atoms with Crippen molar-refractivity contribution in [3.05, 3.63) is 176 Å². The zero-order valence-corrected chi connectivity index (χ0v) is 27.6. The van der Waals surface area contributed by atoms with Gasteiger partial charge in [0.1, 0.15) is 0 Å². The summed E-state index contributed by atoms with van der Waals surface area (Å²) >= 11 is 0. The highest BCUT2D eigenvalue weighted by Gasteiger charge is 2.38. The normalized spacial score (nSPS) is 15.2. The van der Waals surface area contributed by atoms with Crippen LogP contribution in [0.4, 0.5) is 11.4 Å². The Morgan fingerprint density at radius 3 is 2.02 bits per heavy atom.